The molecule has 5 heterocycles. The predicted octanol–water partition coefficient (Wildman–Crippen LogP) is 12.2. The van der Waals surface area contributed by atoms with E-state index in [4.69, 9.17) is 9.47 Å². The molecule has 2 aliphatic heterocycles. The zero-order valence-electron chi connectivity index (χ0n) is 33.4. The molecule has 3 aromatic heterocycles. The van der Waals surface area contributed by atoms with Crippen LogP contribution in [0.3, 0.4) is 0 Å². The number of para-hydroxylation sites is 6. The van der Waals surface area contributed by atoms with Crippen LogP contribution in [-0.2, 0) is 0 Å². The van der Waals surface area contributed by atoms with Crippen LogP contribution in [0.15, 0.2) is 206 Å². The zero-order chi connectivity index (χ0) is 40.5. The standard InChI is InChI=1S/C56H34BN3O2/c1-2-16-35(17-3-1)38-18-4-8-22-44(38)57-45-23-9-13-27-51(45)60-54-43(55-56(60)62-53-29-15-14-28-52(53)61-55)33-37(34-46(54)57)59-49-26-12-7-21-41(49)42-32-36(30-31-50(42)59)58-47-24-10-5-19-39(47)40-20-6-11-25-48(40)58/h1-34H. The highest BCUT2D eigenvalue weighted by atomic mass is 16.6. The van der Waals surface area contributed by atoms with Gasteiger partial charge in [0.1, 0.15) is 0 Å². The molecule has 0 unspecified atom stereocenters. The van der Waals surface area contributed by atoms with Crippen molar-refractivity contribution in [2.75, 3.05) is 0 Å². The molecule has 5 nitrogen and oxygen atoms in total. The average molecular weight is 792 g/mol. The Kier molecular flexibility index (Phi) is 6.85. The summed E-state index contributed by atoms with van der Waals surface area (Å²) in [4.78, 5) is 0. The molecule has 0 amide bonds. The van der Waals surface area contributed by atoms with Crippen molar-refractivity contribution in [1.29, 1.82) is 0 Å². The molecule has 0 saturated heterocycles. The summed E-state index contributed by atoms with van der Waals surface area (Å²) in [6, 6.07) is 74.3. The van der Waals surface area contributed by atoms with Crippen molar-refractivity contribution in [1.82, 2.24) is 13.7 Å². The summed E-state index contributed by atoms with van der Waals surface area (Å²) in [6.45, 7) is -0.0914. The molecule has 6 heteroatoms. The molecule has 62 heavy (non-hydrogen) atoms. The van der Waals surface area contributed by atoms with Gasteiger partial charge in [-0.1, -0.05) is 145 Å². The first-order chi connectivity index (χ1) is 30.8. The Morgan fingerprint density at radius 3 is 1.65 bits per heavy atom. The normalized spacial score (nSPS) is 12.7. The Bertz CT molecular complexity index is 3790. The SMILES string of the molecule is c1ccc(-c2ccccc2B2c3ccccc3-n3c4c(c5cc(-n6c7ccccc7c7cc(-n8c9ccccc9c9ccccc98)ccc76)cc2c53)Oc2ccccc2O4)cc1. The predicted molar refractivity (Wildman–Crippen MR) is 255 cm³/mol. The highest BCUT2D eigenvalue weighted by Gasteiger charge is 2.39. The maximum Gasteiger partial charge on any atom is 0.249 e. The Morgan fingerprint density at radius 1 is 0.355 bits per heavy atom. The number of nitrogens with zero attached hydrogens (tertiary/aromatic N) is 3. The van der Waals surface area contributed by atoms with Crippen molar-refractivity contribution >= 4 is 77.6 Å². The number of fused-ring (bicyclic) bond motifs is 12. The zero-order valence-corrected chi connectivity index (χ0v) is 33.4. The van der Waals surface area contributed by atoms with Crippen LogP contribution in [0.25, 0.3) is 82.7 Å². The van der Waals surface area contributed by atoms with E-state index in [1.54, 1.807) is 0 Å². The molecule has 288 valence electrons. The molecule has 0 aliphatic carbocycles. The Morgan fingerprint density at radius 2 is 0.903 bits per heavy atom. The minimum atomic E-state index is -0.0914. The summed E-state index contributed by atoms with van der Waals surface area (Å²) in [5.74, 6) is 2.83. The summed E-state index contributed by atoms with van der Waals surface area (Å²) in [5, 5.41) is 5.90. The topological polar surface area (TPSA) is 33.2 Å². The Hall–Kier alpha value is -8.22. The van der Waals surface area contributed by atoms with Gasteiger partial charge in [0, 0.05) is 44.0 Å². The fourth-order valence-electron chi connectivity index (χ4n) is 10.6. The lowest BCUT2D eigenvalue weighted by atomic mass is 9.34. The Balaban J connectivity index is 1.07. The van der Waals surface area contributed by atoms with E-state index in [1.807, 2.05) is 24.3 Å². The van der Waals surface area contributed by atoms with Gasteiger partial charge in [-0.05, 0) is 88.8 Å². The molecule has 0 fully saturated rings. The van der Waals surface area contributed by atoms with Gasteiger partial charge in [-0.15, -0.1) is 0 Å². The van der Waals surface area contributed by atoms with Crippen molar-refractivity contribution in [3.05, 3.63) is 206 Å². The second kappa shape index (κ2) is 12.6. The second-order valence-corrected chi connectivity index (χ2v) is 16.4. The lowest BCUT2D eigenvalue weighted by molar-refractivity contribution is 0.349. The van der Waals surface area contributed by atoms with Gasteiger partial charge in [-0.3, -0.25) is 4.57 Å². The van der Waals surface area contributed by atoms with Gasteiger partial charge in [0.2, 0.25) is 12.6 Å². The number of hydrogen-bond acceptors (Lipinski definition) is 2. The molecule has 2 aliphatic rings. The number of hydrogen-bond donors (Lipinski definition) is 0. The summed E-state index contributed by atoms with van der Waals surface area (Å²) < 4.78 is 20.9. The smallest absolute Gasteiger partial charge is 0.249 e. The highest BCUT2D eigenvalue weighted by Crippen LogP contribution is 2.52. The molecule has 0 N–H and O–H groups in total. The minimum Gasteiger partial charge on any atom is -0.447 e. The first-order valence-electron chi connectivity index (χ1n) is 21.2. The van der Waals surface area contributed by atoms with Crippen molar-refractivity contribution in [3.8, 4) is 51.3 Å². The minimum absolute atomic E-state index is 0.0914. The van der Waals surface area contributed by atoms with E-state index in [0.29, 0.717) is 17.4 Å². The molecule has 0 atom stereocenters. The first-order valence-corrected chi connectivity index (χ1v) is 21.2. The van der Waals surface area contributed by atoms with Gasteiger partial charge in [0.15, 0.2) is 17.2 Å². The van der Waals surface area contributed by atoms with Gasteiger partial charge in [0.25, 0.3) is 0 Å². The van der Waals surface area contributed by atoms with E-state index in [1.165, 1.54) is 60.1 Å². The molecule has 0 radical (unpaired) electrons. The van der Waals surface area contributed by atoms with Crippen LogP contribution in [0.4, 0.5) is 0 Å². The van der Waals surface area contributed by atoms with Crippen molar-refractivity contribution in [2.24, 2.45) is 0 Å². The summed E-state index contributed by atoms with van der Waals surface area (Å²) in [6.07, 6.45) is 0. The first kappa shape index (κ1) is 33.6. The van der Waals surface area contributed by atoms with Gasteiger partial charge in [-0.2, -0.15) is 0 Å². The average Bonchev–Trinajstić information content (AvgIpc) is 3.97. The quantitative estimate of drug-likeness (QED) is 0.166. The third-order valence-electron chi connectivity index (χ3n) is 13.2. The highest BCUT2D eigenvalue weighted by molar-refractivity contribution is 6.98. The van der Waals surface area contributed by atoms with Crippen LogP contribution in [0.5, 0.6) is 23.1 Å². The molecular weight excluding hydrogens is 757 g/mol. The van der Waals surface area contributed by atoms with Crippen LogP contribution < -0.4 is 25.9 Å². The summed E-state index contributed by atoms with van der Waals surface area (Å²) in [5.41, 5.74) is 15.1. The van der Waals surface area contributed by atoms with Gasteiger partial charge >= 0.3 is 0 Å². The fourth-order valence-corrected chi connectivity index (χ4v) is 10.6. The third-order valence-corrected chi connectivity index (χ3v) is 13.2. The van der Waals surface area contributed by atoms with Crippen LogP contribution in [0.1, 0.15) is 0 Å². The fraction of sp³-hybridized carbons (Fsp3) is 0. The van der Waals surface area contributed by atoms with Gasteiger partial charge < -0.3 is 18.6 Å². The molecular formula is C56H34BN3O2. The third kappa shape index (κ3) is 4.58. The monoisotopic (exact) mass is 791 g/mol. The van der Waals surface area contributed by atoms with Crippen molar-refractivity contribution < 1.29 is 9.47 Å². The lowest BCUT2D eigenvalue weighted by Gasteiger charge is -2.29. The van der Waals surface area contributed by atoms with Crippen LogP contribution >= 0.6 is 0 Å². The number of ether oxygens (including phenoxy) is 2. The number of benzene rings is 9. The van der Waals surface area contributed by atoms with E-state index < -0.39 is 0 Å². The largest absolute Gasteiger partial charge is 0.447 e. The molecule has 0 spiro atoms. The summed E-state index contributed by atoms with van der Waals surface area (Å²) >= 11 is 0. The number of rotatable bonds is 4. The van der Waals surface area contributed by atoms with E-state index in [2.05, 4.69) is 196 Å². The molecule has 0 bridgehead atoms. The van der Waals surface area contributed by atoms with Crippen LogP contribution in [0, 0.1) is 0 Å². The number of aromatic nitrogens is 3. The van der Waals surface area contributed by atoms with Gasteiger partial charge in [0.05, 0.1) is 27.6 Å². The van der Waals surface area contributed by atoms with Gasteiger partial charge in [-0.25, -0.2) is 0 Å². The maximum atomic E-state index is 6.92. The summed E-state index contributed by atoms with van der Waals surface area (Å²) in [7, 11) is 0. The molecule has 12 aromatic rings. The van der Waals surface area contributed by atoms with Crippen molar-refractivity contribution in [2.45, 2.75) is 0 Å². The maximum absolute atomic E-state index is 6.92. The van der Waals surface area contributed by atoms with Crippen LogP contribution in [0.2, 0.25) is 0 Å². The molecule has 9 aromatic carbocycles. The van der Waals surface area contributed by atoms with Crippen LogP contribution in [-0.4, -0.2) is 20.4 Å². The van der Waals surface area contributed by atoms with E-state index in [0.717, 1.165) is 44.7 Å². The second-order valence-electron chi connectivity index (χ2n) is 16.4. The molecule has 0 saturated carbocycles. The lowest BCUT2D eigenvalue weighted by Crippen LogP contribution is -2.56. The van der Waals surface area contributed by atoms with Crippen molar-refractivity contribution in [3.63, 3.8) is 0 Å². The van der Waals surface area contributed by atoms with E-state index in [9.17, 15) is 0 Å². The molecule has 14 rings (SSSR count). The Labute approximate surface area is 356 Å². The van der Waals surface area contributed by atoms with E-state index in [-0.39, 0.29) is 6.71 Å². The van der Waals surface area contributed by atoms with E-state index >= 15 is 0 Å².